The van der Waals surface area contributed by atoms with E-state index in [1.54, 1.807) is 6.92 Å². The number of carbonyl (C=O) groups is 1. The third-order valence-corrected chi connectivity index (χ3v) is 1.16. The van der Waals surface area contributed by atoms with Gasteiger partial charge in [-0.1, -0.05) is 0 Å². The zero-order valence-corrected chi connectivity index (χ0v) is 5.13. The van der Waals surface area contributed by atoms with Crippen molar-refractivity contribution in [2.75, 3.05) is 6.61 Å². The molecule has 50 valence electrons. The second-order valence-corrected chi connectivity index (χ2v) is 2.02. The Labute approximate surface area is 52.9 Å². The molecular weight excluding hydrogens is 120 g/mol. The van der Waals surface area contributed by atoms with Crippen LogP contribution in [-0.4, -0.2) is 23.8 Å². The van der Waals surface area contributed by atoms with Gasteiger partial charge in [0.15, 0.2) is 12.1 Å². The first-order valence-corrected chi connectivity index (χ1v) is 2.71. The molecular formula is C6H8O3. The highest BCUT2D eigenvalue weighted by molar-refractivity contribution is 5.92. The molecule has 0 aromatic heterocycles. The van der Waals surface area contributed by atoms with Crippen LogP contribution in [0.3, 0.4) is 0 Å². The Bertz CT molecular complexity index is 160. The monoisotopic (exact) mass is 128 g/mol. The van der Waals surface area contributed by atoms with Crippen molar-refractivity contribution >= 4 is 5.78 Å². The quantitative estimate of drug-likeness (QED) is 0.493. The molecule has 0 saturated carbocycles. The lowest BCUT2D eigenvalue weighted by Crippen LogP contribution is -2.23. The minimum Gasteiger partial charge on any atom is -0.364 e. The molecule has 3 nitrogen and oxygen atoms in total. The molecule has 3 heteroatoms. The maximum Gasteiger partial charge on any atom is 0.181 e. The van der Waals surface area contributed by atoms with Crippen LogP contribution in [0.2, 0.25) is 0 Å². The first-order valence-electron chi connectivity index (χ1n) is 2.71. The van der Waals surface area contributed by atoms with Crippen LogP contribution < -0.4 is 0 Å². The fourth-order valence-corrected chi connectivity index (χ4v) is 0.659. The molecule has 1 N–H and O–H groups in total. The van der Waals surface area contributed by atoms with E-state index in [2.05, 4.69) is 4.74 Å². The van der Waals surface area contributed by atoms with E-state index in [1.165, 1.54) is 6.08 Å². The third kappa shape index (κ3) is 1.37. The fourth-order valence-electron chi connectivity index (χ4n) is 0.659. The largest absolute Gasteiger partial charge is 0.364 e. The van der Waals surface area contributed by atoms with Gasteiger partial charge in [-0.25, -0.2) is 0 Å². The van der Waals surface area contributed by atoms with E-state index in [9.17, 15) is 4.79 Å². The number of carbonyl (C=O) groups excluding carboxylic acids is 1. The van der Waals surface area contributed by atoms with Gasteiger partial charge >= 0.3 is 0 Å². The van der Waals surface area contributed by atoms with Crippen molar-refractivity contribution in [1.82, 2.24) is 0 Å². The zero-order valence-electron chi connectivity index (χ0n) is 5.13. The van der Waals surface area contributed by atoms with Gasteiger partial charge in [-0.05, 0) is 18.6 Å². The molecule has 0 saturated heterocycles. The second kappa shape index (κ2) is 2.29. The third-order valence-electron chi connectivity index (χ3n) is 1.16. The number of hydrogen-bond acceptors (Lipinski definition) is 3. The van der Waals surface area contributed by atoms with Gasteiger partial charge in [-0.2, -0.15) is 0 Å². The van der Waals surface area contributed by atoms with E-state index in [1.807, 2.05) is 0 Å². The summed E-state index contributed by atoms with van der Waals surface area (Å²) in [4.78, 5) is 10.5. The highest BCUT2D eigenvalue weighted by atomic mass is 16.6. The summed E-state index contributed by atoms with van der Waals surface area (Å²) < 4.78 is 4.64. The molecule has 0 amide bonds. The van der Waals surface area contributed by atoms with Gasteiger partial charge < -0.3 is 9.84 Å². The standard InChI is InChI=1S/C6H8O3/c1-4-2-5(7)3-9-6(4)8/h2,6,8H,3H2,1H3. The SMILES string of the molecule is CC1=CC(=O)COC1O. The van der Waals surface area contributed by atoms with Gasteiger partial charge in [0.1, 0.15) is 6.61 Å². The number of ketones is 1. The predicted molar refractivity (Wildman–Crippen MR) is 30.7 cm³/mol. The van der Waals surface area contributed by atoms with Gasteiger partial charge in [0.05, 0.1) is 0 Å². The van der Waals surface area contributed by atoms with E-state index in [0.717, 1.165) is 0 Å². The Kier molecular flexibility index (Phi) is 1.64. The molecule has 0 fully saturated rings. The highest BCUT2D eigenvalue weighted by Crippen LogP contribution is 2.07. The first-order chi connectivity index (χ1) is 4.20. The Morgan fingerprint density at radius 2 is 2.56 bits per heavy atom. The summed E-state index contributed by atoms with van der Waals surface area (Å²) in [5.74, 6) is -0.0854. The van der Waals surface area contributed by atoms with Crippen molar-refractivity contribution in [2.24, 2.45) is 0 Å². The number of aliphatic hydroxyl groups excluding tert-OH is 1. The summed E-state index contributed by atoms with van der Waals surface area (Å²) in [7, 11) is 0. The second-order valence-electron chi connectivity index (χ2n) is 2.02. The van der Waals surface area contributed by atoms with Crippen molar-refractivity contribution < 1.29 is 14.6 Å². The summed E-state index contributed by atoms with van der Waals surface area (Å²) in [6, 6.07) is 0. The number of ether oxygens (including phenoxy) is 1. The Morgan fingerprint density at radius 1 is 1.89 bits per heavy atom. The smallest absolute Gasteiger partial charge is 0.181 e. The molecule has 1 rings (SSSR count). The van der Waals surface area contributed by atoms with Crippen molar-refractivity contribution in [3.63, 3.8) is 0 Å². The lowest BCUT2D eigenvalue weighted by atomic mass is 10.2. The maximum atomic E-state index is 10.5. The fraction of sp³-hybridized carbons (Fsp3) is 0.500. The molecule has 0 radical (unpaired) electrons. The first kappa shape index (κ1) is 6.45. The van der Waals surface area contributed by atoms with Gasteiger partial charge in [0, 0.05) is 0 Å². The van der Waals surface area contributed by atoms with E-state index in [-0.39, 0.29) is 12.4 Å². The highest BCUT2D eigenvalue weighted by Gasteiger charge is 2.14. The van der Waals surface area contributed by atoms with E-state index < -0.39 is 6.29 Å². The molecule has 1 aliphatic heterocycles. The van der Waals surface area contributed by atoms with Gasteiger partial charge in [0.2, 0.25) is 0 Å². The molecule has 1 unspecified atom stereocenters. The Balaban J connectivity index is 2.72. The molecule has 9 heavy (non-hydrogen) atoms. The summed E-state index contributed by atoms with van der Waals surface area (Å²) in [5, 5.41) is 8.85. The van der Waals surface area contributed by atoms with Crippen LogP contribution in [0.5, 0.6) is 0 Å². The van der Waals surface area contributed by atoms with E-state index in [4.69, 9.17) is 5.11 Å². The molecule has 1 atom stereocenters. The lowest BCUT2D eigenvalue weighted by Gasteiger charge is -2.15. The van der Waals surface area contributed by atoms with Crippen molar-refractivity contribution in [2.45, 2.75) is 13.2 Å². The van der Waals surface area contributed by atoms with E-state index >= 15 is 0 Å². The van der Waals surface area contributed by atoms with E-state index in [0.29, 0.717) is 5.57 Å². The number of hydrogen-bond donors (Lipinski definition) is 1. The van der Waals surface area contributed by atoms with Crippen molar-refractivity contribution in [1.29, 1.82) is 0 Å². The van der Waals surface area contributed by atoms with Crippen LogP contribution in [0.25, 0.3) is 0 Å². The average Bonchev–Trinajstić information content (AvgIpc) is 1.80. The van der Waals surface area contributed by atoms with Crippen LogP contribution in [0.1, 0.15) is 6.92 Å². The maximum absolute atomic E-state index is 10.5. The normalized spacial score (nSPS) is 28.0. The minimum absolute atomic E-state index is 0.00148. The number of rotatable bonds is 0. The summed E-state index contributed by atoms with van der Waals surface area (Å²) in [6.07, 6.45) is 0.524. The minimum atomic E-state index is -0.873. The molecule has 0 aromatic carbocycles. The molecule has 0 bridgehead atoms. The predicted octanol–water partition coefficient (Wildman–Crippen LogP) is -0.150. The summed E-state index contributed by atoms with van der Waals surface area (Å²) in [6.45, 7) is 1.65. The molecule has 1 heterocycles. The van der Waals surface area contributed by atoms with Gasteiger partial charge in [-0.15, -0.1) is 0 Å². The summed E-state index contributed by atoms with van der Waals surface area (Å²) in [5.41, 5.74) is 0.575. The van der Waals surface area contributed by atoms with Crippen LogP contribution in [-0.2, 0) is 9.53 Å². The molecule has 0 aromatic rings. The Morgan fingerprint density at radius 3 is 3.00 bits per heavy atom. The van der Waals surface area contributed by atoms with Crippen molar-refractivity contribution in [3.8, 4) is 0 Å². The van der Waals surface area contributed by atoms with Crippen LogP contribution in [0, 0.1) is 0 Å². The van der Waals surface area contributed by atoms with Crippen LogP contribution in [0.4, 0.5) is 0 Å². The average molecular weight is 128 g/mol. The lowest BCUT2D eigenvalue weighted by molar-refractivity contribution is -0.133. The van der Waals surface area contributed by atoms with Gasteiger partial charge in [-0.3, -0.25) is 4.79 Å². The topological polar surface area (TPSA) is 46.5 Å². The molecule has 0 aliphatic carbocycles. The van der Waals surface area contributed by atoms with Crippen LogP contribution >= 0.6 is 0 Å². The van der Waals surface area contributed by atoms with Crippen LogP contribution in [0.15, 0.2) is 11.6 Å². The number of aliphatic hydroxyl groups is 1. The van der Waals surface area contributed by atoms with Crippen molar-refractivity contribution in [3.05, 3.63) is 11.6 Å². The zero-order chi connectivity index (χ0) is 6.85. The molecule has 0 spiro atoms. The molecule has 1 aliphatic rings. The Hall–Kier alpha value is -0.670. The van der Waals surface area contributed by atoms with Gasteiger partial charge in [0.25, 0.3) is 0 Å². The summed E-state index contributed by atoms with van der Waals surface area (Å²) >= 11 is 0.